The highest BCUT2D eigenvalue weighted by Crippen LogP contribution is 2.18. The molecule has 0 atom stereocenters. The lowest BCUT2D eigenvalue weighted by Crippen LogP contribution is -2.10. The Labute approximate surface area is 109 Å². The van der Waals surface area contributed by atoms with Gasteiger partial charge in [-0.2, -0.15) is 0 Å². The molecular formula is C12H14N4O3. The summed E-state index contributed by atoms with van der Waals surface area (Å²) in [6, 6.07) is 3.26. The van der Waals surface area contributed by atoms with Crippen molar-refractivity contribution in [2.24, 2.45) is 0 Å². The molecule has 0 unspecified atom stereocenters. The Morgan fingerprint density at radius 1 is 1.53 bits per heavy atom. The number of esters is 1. The molecule has 2 aromatic rings. The van der Waals surface area contributed by atoms with E-state index < -0.39 is 5.97 Å². The lowest BCUT2D eigenvalue weighted by molar-refractivity contribution is 0.0601. The van der Waals surface area contributed by atoms with Gasteiger partial charge in [-0.1, -0.05) is 5.16 Å². The van der Waals surface area contributed by atoms with E-state index in [1.165, 1.54) is 19.4 Å². The molecule has 2 heterocycles. The predicted octanol–water partition coefficient (Wildman–Crippen LogP) is 1.36. The Balaban J connectivity index is 2.17. The number of nitrogens with zero attached hydrogens (tertiary/aromatic N) is 2. The number of anilines is 2. The van der Waals surface area contributed by atoms with Gasteiger partial charge < -0.3 is 20.3 Å². The predicted molar refractivity (Wildman–Crippen MR) is 68.6 cm³/mol. The van der Waals surface area contributed by atoms with Gasteiger partial charge in [0.15, 0.2) is 0 Å². The number of ether oxygens (including phenoxy) is 1. The second-order valence-corrected chi connectivity index (χ2v) is 3.93. The fraction of sp³-hybridized carbons (Fsp3) is 0.250. The van der Waals surface area contributed by atoms with Gasteiger partial charge in [0, 0.05) is 6.07 Å². The van der Waals surface area contributed by atoms with E-state index in [9.17, 15) is 4.79 Å². The summed E-state index contributed by atoms with van der Waals surface area (Å²) in [4.78, 5) is 15.6. The maximum absolute atomic E-state index is 11.6. The van der Waals surface area contributed by atoms with Gasteiger partial charge >= 0.3 is 5.97 Å². The molecule has 19 heavy (non-hydrogen) atoms. The molecule has 0 aliphatic heterocycles. The molecule has 0 radical (unpaired) electrons. The van der Waals surface area contributed by atoms with E-state index in [1.54, 1.807) is 13.0 Å². The third-order valence-corrected chi connectivity index (χ3v) is 2.47. The molecule has 0 aliphatic carbocycles. The van der Waals surface area contributed by atoms with E-state index in [0.29, 0.717) is 17.8 Å². The number of hydrogen-bond donors (Lipinski definition) is 2. The molecule has 0 aliphatic rings. The average Bonchev–Trinajstić information content (AvgIpc) is 2.82. The molecular weight excluding hydrogens is 248 g/mol. The summed E-state index contributed by atoms with van der Waals surface area (Å²) in [7, 11) is 1.31. The number of hydrogen-bond acceptors (Lipinski definition) is 7. The van der Waals surface area contributed by atoms with Gasteiger partial charge in [0.1, 0.15) is 17.3 Å². The smallest absolute Gasteiger partial charge is 0.340 e. The quantitative estimate of drug-likeness (QED) is 0.801. The number of carbonyl (C=O) groups is 1. The Bertz CT molecular complexity index is 594. The molecule has 7 nitrogen and oxygen atoms in total. The molecule has 0 aromatic carbocycles. The lowest BCUT2D eigenvalue weighted by atomic mass is 10.2. The largest absolute Gasteiger partial charge is 0.465 e. The van der Waals surface area contributed by atoms with Crippen molar-refractivity contribution in [2.75, 3.05) is 18.2 Å². The highest BCUT2D eigenvalue weighted by atomic mass is 16.5. The van der Waals surface area contributed by atoms with Crippen LogP contribution in [-0.2, 0) is 11.3 Å². The summed E-state index contributed by atoms with van der Waals surface area (Å²) >= 11 is 0. The van der Waals surface area contributed by atoms with Crippen LogP contribution in [0.2, 0.25) is 0 Å². The molecule has 0 spiro atoms. The third-order valence-electron chi connectivity index (χ3n) is 2.47. The first kappa shape index (κ1) is 12.9. The SMILES string of the molecule is COC(=O)c1cc(N)ncc1NCc1cc(C)on1. The van der Waals surface area contributed by atoms with Crippen LogP contribution in [0.4, 0.5) is 11.5 Å². The standard InChI is InChI=1S/C12H14N4O3/c1-7-3-8(16-19-7)5-14-10-6-15-11(13)4-9(10)12(17)18-2/h3-4,6,14H,5H2,1-2H3,(H2,13,15). The summed E-state index contributed by atoms with van der Waals surface area (Å²) in [5.74, 6) is 0.497. The minimum Gasteiger partial charge on any atom is -0.465 e. The van der Waals surface area contributed by atoms with Crippen LogP contribution in [0.15, 0.2) is 22.9 Å². The minimum atomic E-state index is -0.479. The van der Waals surface area contributed by atoms with Crippen molar-refractivity contribution in [1.29, 1.82) is 0 Å². The first-order valence-electron chi connectivity index (χ1n) is 5.60. The van der Waals surface area contributed by atoms with Crippen LogP contribution in [0.25, 0.3) is 0 Å². The third kappa shape index (κ3) is 3.01. The molecule has 2 aromatic heterocycles. The van der Waals surface area contributed by atoms with Crippen LogP contribution in [0, 0.1) is 6.92 Å². The molecule has 0 saturated carbocycles. The van der Waals surface area contributed by atoms with Gasteiger partial charge in [-0.25, -0.2) is 9.78 Å². The number of nitrogen functional groups attached to an aromatic ring is 1. The number of pyridine rings is 1. The maximum atomic E-state index is 11.6. The van der Waals surface area contributed by atoms with Crippen LogP contribution in [-0.4, -0.2) is 23.2 Å². The fourth-order valence-electron chi connectivity index (χ4n) is 1.58. The topological polar surface area (TPSA) is 103 Å². The number of aromatic nitrogens is 2. The van der Waals surface area contributed by atoms with Crippen molar-refractivity contribution in [3.8, 4) is 0 Å². The zero-order valence-corrected chi connectivity index (χ0v) is 10.6. The van der Waals surface area contributed by atoms with E-state index in [1.807, 2.05) is 0 Å². The van der Waals surface area contributed by atoms with E-state index in [0.717, 1.165) is 11.5 Å². The molecule has 0 bridgehead atoms. The van der Waals surface area contributed by atoms with Crippen LogP contribution in [0.1, 0.15) is 21.8 Å². The highest BCUT2D eigenvalue weighted by Gasteiger charge is 2.13. The fourth-order valence-corrected chi connectivity index (χ4v) is 1.58. The zero-order chi connectivity index (χ0) is 13.8. The Hall–Kier alpha value is -2.57. The molecule has 0 amide bonds. The highest BCUT2D eigenvalue weighted by molar-refractivity contribution is 5.96. The van der Waals surface area contributed by atoms with Gasteiger partial charge in [0.25, 0.3) is 0 Å². The van der Waals surface area contributed by atoms with E-state index in [-0.39, 0.29) is 5.82 Å². The van der Waals surface area contributed by atoms with Gasteiger partial charge in [0.05, 0.1) is 31.1 Å². The van der Waals surface area contributed by atoms with Crippen LogP contribution < -0.4 is 11.1 Å². The first-order valence-corrected chi connectivity index (χ1v) is 5.60. The molecule has 0 saturated heterocycles. The summed E-state index contributed by atoms with van der Waals surface area (Å²) in [6.45, 7) is 2.22. The zero-order valence-electron chi connectivity index (χ0n) is 10.6. The summed E-state index contributed by atoms with van der Waals surface area (Å²) in [5.41, 5.74) is 7.14. The van der Waals surface area contributed by atoms with Crippen molar-refractivity contribution in [2.45, 2.75) is 13.5 Å². The Morgan fingerprint density at radius 2 is 2.32 bits per heavy atom. The van der Waals surface area contributed by atoms with Gasteiger partial charge in [-0.15, -0.1) is 0 Å². The summed E-state index contributed by atoms with van der Waals surface area (Å²) in [6.07, 6.45) is 1.48. The maximum Gasteiger partial charge on any atom is 0.340 e. The molecule has 7 heteroatoms. The Kier molecular flexibility index (Phi) is 3.65. The first-order chi connectivity index (χ1) is 9.10. The molecule has 0 fully saturated rings. The number of rotatable bonds is 4. The second-order valence-electron chi connectivity index (χ2n) is 3.93. The minimum absolute atomic E-state index is 0.253. The number of aryl methyl sites for hydroxylation is 1. The number of methoxy groups -OCH3 is 1. The molecule has 100 valence electrons. The van der Waals surface area contributed by atoms with Crippen molar-refractivity contribution in [1.82, 2.24) is 10.1 Å². The number of carbonyl (C=O) groups excluding carboxylic acids is 1. The van der Waals surface area contributed by atoms with E-state index in [4.69, 9.17) is 15.0 Å². The normalized spacial score (nSPS) is 10.2. The van der Waals surface area contributed by atoms with Crippen LogP contribution in [0.5, 0.6) is 0 Å². The van der Waals surface area contributed by atoms with Crippen molar-refractivity contribution < 1.29 is 14.1 Å². The summed E-state index contributed by atoms with van der Waals surface area (Å²) in [5, 5.41) is 6.89. The Morgan fingerprint density at radius 3 is 2.95 bits per heavy atom. The van der Waals surface area contributed by atoms with E-state index in [2.05, 4.69) is 15.5 Å². The molecule has 3 N–H and O–H groups in total. The van der Waals surface area contributed by atoms with Crippen molar-refractivity contribution >= 4 is 17.5 Å². The van der Waals surface area contributed by atoms with Crippen LogP contribution in [0.3, 0.4) is 0 Å². The number of nitrogens with two attached hydrogens (primary N) is 1. The van der Waals surface area contributed by atoms with E-state index >= 15 is 0 Å². The number of nitrogens with one attached hydrogen (secondary N) is 1. The monoisotopic (exact) mass is 262 g/mol. The van der Waals surface area contributed by atoms with Crippen molar-refractivity contribution in [3.05, 3.63) is 35.3 Å². The second kappa shape index (κ2) is 5.38. The lowest BCUT2D eigenvalue weighted by Gasteiger charge is -2.09. The van der Waals surface area contributed by atoms with Gasteiger partial charge in [-0.3, -0.25) is 0 Å². The molecule has 2 rings (SSSR count). The van der Waals surface area contributed by atoms with Gasteiger partial charge in [-0.05, 0) is 13.0 Å². The van der Waals surface area contributed by atoms with Crippen LogP contribution >= 0.6 is 0 Å². The van der Waals surface area contributed by atoms with Gasteiger partial charge in [0.2, 0.25) is 0 Å². The average molecular weight is 262 g/mol. The van der Waals surface area contributed by atoms with Crippen molar-refractivity contribution in [3.63, 3.8) is 0 Å². The summed E-state index contributed by atoms with van der Waals surface area (Å²) < 4.78 is 9.65.